The summed E-state index contributed by atoms with van der Waals surface area (Å²) in [7, 11) is 1.73. The highest BCUT2D eigenvalue weighted by Gasteiger charge is 2.37. The van der Waals surface area contributed by atoms with Gasteiger partial charge in [0, 0.05) is 31.6 Å². The zero-order valence-electron chi connectivity index (χ0n) is 12.9. The summed E-state index contributed by atoms with van der Waals surface area (Å²) >= 11 is 1.83. The lowest BCUT2D eigenvalue weighted by Crippen LogP contribution is -2.48. The maximum atomic E-state index is 5.89. The van der Waals surface area contributed by atoms with Gasteiger partial charge in [0.2, 0.25) is 0 Å². The Morgan fingerprint density at radius 2 is 2.38 bits per heavy atom. The Morgan fingerprint density at radius 1 is 1.48 bits per heavy atom. The van der Waals surface area contributed by atoms with Gasteiger partial charge in [-0.3, -0.25) is 0 Å². The van der Waals surface area contributed by atoms with Crippen molar-refractivity contribution in [3.05, 3.63) is 10.6 Å². The van der Waals surface area contributed by atoms with Gasteiger partial charge in [0.25, 0.3) is 0 Å². The van der Waals surface area contributed by atoms with Crippen molar-refractivity contribution in [2.45, 2.75) is 44.9 Å². The first kappa shape index (κ1) is 15.2. The molecule has 0 spiro atoms. The molecule has 3 rings (SSSR count). The maximum Gasteiger partial charge on any atom is 0.186 e. The number of aromatic nitrogens is 1. The van der Waals surface area contributed by atoms with Crippen LogP contribution in [-0.2, 0) is 16.0 Å². The lowest BCUT2D eigenvalue weighted by Gasteiger charge is -2.37. The van der Waals surface area contributed by atoms with Crippen molar-refractivity contribution in [2.75, 3.05) is 38.3 Å². The van der Waals surface area contributed by atoms with E-state index in [-0.39, 0.29) is 0 Å². The number of thiazole rings is 1. The Hall–Kier alpha value is -0.690. The summed E-state index contributed by atoms with van der Waals surface area (Å²) in [4.78, 5) is 8.63. The van der Waals surface area contributed by atoms with Crippen LogP contribution in [0.3, 0.4) is 0 Å². The second kappa shape index (κ2) is 7.05. The van der Waals surface area contributed by atoms with E-state index in [1.54, 1.807) is 7.11 Å². The van der Waals surface area contributed by atoms with Crippen LogP contribution in [0.5, 0.6) is 0 Å². The Bertz CT molecular complexity index is 466. The average molecular weight is 311 g/mol. The molecule has 0 aromatic carbocycles. The van der Waals surface area contributed by atoms with E-state index in [1.165, 1.54) is 29.3 Å². The standard InChI is InChI=1S/C15H25N3O2S/c1-11-14(10-16-6-8-19-2)21-15(17-11)18-7-9-20-13-5-3-4-12(13)18/h12-13,16H,3-10H2,1-2H3. The normalized spacial score (nSPS) is 25.3. The number of methoxy groups -OCH3 is 1. The average Bonchev–Trinajstić information content (AvgIpc) is 3.10. The quantitative estimate of drug-likeness (QED) is 0.814. The van der Waals surface area contributed by atoms with Gasteiger partial charge < -0.3 is 19.7 Å². The number of aryl methyl sites for hydroxylation is 1. The molecule has 21 heavy (non-hydrogen) atoms. The molecule has 1 saturated carbocycles. The summed E-state index contributed by atoms with van der Waals surface area (Å²) in [5.74, 6) is 0. The summed E-state index contributed by atoms with van der Waals surface area (Å²) in [6.07, 6.45) is 4.15. The highest BCUT2D eigenvalue weighted by atomic mass is 32.1. The number of nitrogens with one attached hydrogen (secondary N) is 1. The van der Waals surface area contributed by atoms with Crippen molar-refractivity contribution in [2.24, 2.45) is 0 Å². The predicted octanol–water partition coefficient (Wildman–Crippen LogP) is 1.95. The highest BCUT2D eigenvalue weighted by Crippen LogP contribution is 2.35. The molecule has 1 aliphatic carbocycles. The molecule has 6 heteroatoms. The molecule has 1 aromatic heterocycles. The van der Waals surface area contributed by atoms with Crippen LogP contribution in [0, 0.1) is 6.92 Å². The molecular weight excluding hydrogens is 286 g/mol. The maximum absolute atomic E-state index is 5.89. The second-order valence-corrected chi connectivity index (χ2v) is 6.84. The molecular formula is C15H25N3O2S. The molecule has 1 aromatic rings. The fourth-order valence-electron chi connectivity index (χ4n) is 3.24. The molecule has 2 atom stereocenters. The Balaban J connectivity index is 1.65. The van der Waals surface area contributed by atoms with Gasteiger partial charge in [-0.25, -0.2) is 4.98 Å². The van der Waals surface area contributed by atoms with Gasteiger partial charge in [-0.15, -0.1) is 11.3 Å². The lowest BCUT2D eigenvalue weighted by molar-refractivity contribution is 0.0256. The van der Waals surface area contributed by atoms with E-state index in [0.717, 1.165) is 38.5 Å². The van der Waals surface area contributed by atoms with Crippen LogP contribution in [-0.4, -0.2) is 50.5 Å². The minimum Gasteiger partial charge on any atom is -0.383 e. The van der Waals surface area contributed by atoms with Crippen LogP contribution in [0.2, 0.25) is 0 Å². The first-order valence-corrected chi connectivity index (χ1v) is 8.65. The summed E-state index contributed by atoms with van der Waals surface area (Å²) in [5, 5.41) is 4.59. The van der Waals surface area contributed by atoms with Crippen molar-refractivity contribution in [1.82, 2.24) is 10.3 Å². The zero-order valence-corrected chi connectivity index (χ0v) is 13.7. The van der Waals surface area contributed by atoms with E-state index in [4.69, 9.17) is 14.5 Å². The summed E-state index contributed by atoms with van der Waals surface area (Å²) < 4.78 is 11.0. The van der Waals surface area contributed by atoms with Crippen LogP contribution in [0.1, 0.15) is 29.8 Å². The van der Waals surface area contributed by atoms with Gasteiger partial charge in [-0.2, -0.15) is 0 Å². The number of nitrogens with zero attached hydrogens (tertiary/aromatic N) is 2. The van der Waals surface area contributed by atoms with E-state index < -0.39 is 0 Å². The molecule has 1 aliphatic heterocycles. The molecule has 0 radical (unpaired) electrons. The van der Waals surface area contributed by atoms with E-state index in [2.05, 4.69) is 17.1 Å². The fourth-order valence-corrected chi connectivity index (χ4v) is 4.35. The summed E-state index contributed by atoms with van der Waals surface area (Å²) in [6.45, 7) is 6.43. The molecule has 2 heterocycles. The van der Waals surface area contributed by atoms with E-state index in [0.29, 0.717) is 12.1 Å². The number of rotatable bonds is 6. The second-order valence-electron chi connectivity index (χ2n) is 5.78. The molecule has 2 aliphatic rings. The summed E-state index contributed by atoms with van der Waals surface area (Å²) in [6, 6.07) is 0.540. The van der Waals surface area contributed by atoms with Crippen molar-refractivity contribution in [1.29, 1.82) is 0 Å². The minimum absolute atomic E-state index is 0.422. The predicted molar refractivity (Wildman–Crippen MR) is 85.2 cm³/mol. The molecule has 2 unspecified atom stereocenters. The van der Waals surface area contributed by atoms with E-state index in [9.17, 15) is 0 Å². The number of morpholine rings is 1. The molecule has 1 saturated heterocycles. The third kappa shape index (κ3) is 3.39. The van der Waals surface area contributed by atoms with Crippen molar-refractivity contribution in [3.63, 3.8) is 0 Å². The Kier molecular flexibility index (Phi) is 5.11. The van der Waals surface area contributed by atoms with E-state index >= 15 is 0 Å². The lowest BCUT2D eigenvalue weighted by atomic mass is 10.1. The first-order chi connectivity index (χ1) is 10.3. The van der Waals surface area contributed by atoms with Crippen molar-refractivity contribution < 1.29 is 9.47 Å². The number of hydrogen-bond donors (Lipinski definition) is 1. The van der Waals surface area contributed by atoms with Gasteiger partial charge in [0.05, 0.1) is 31.1 Å². The van der Waals surface area contributed by atoms with Gasteiger partial charge in [0.1, 0.15) is 0 Å². The molecule has 118 valence electrons. The third-order valence-electron chi connectivity index (χ3n) is 4.38. The monoisotopic (exact) mass is 311 g/mol. The number of anilines is 1. The van der Waals surface area contributed by atoms with Crippen LogP contribution < -0.4 is 10.2 Å². The van der Waals surface area contributed by atoms with Crippen molar-refractivity contribution >= 4 is 16.5 Å². The van der Waals surface area contributed by atoms with Crippen LogP contribution >= 0.6 is 11.3 Å². The topological polar surface area (TPSA) is 46.6 Å². The zero-order chi connectivity index (χ0) is 14.7. The molecule has 5 nitrogen and oxygen atoms in total. The van der Waals surface area contributed by atoms with Crippen molar-refractivity contribution in [3.8, 4) is 0 Å². The molecule has 0 amide bonds. The van der Waals surface area contributed by atoms with E-state index in [1.807, 2.05) is 11.3 Å². The largest absolute Gasteiger partial charge is 0.383 e. The molecule has 0 bridgehead atoms. The highest BCUT2D eigenvalue weighted by molar-refractivity contribution is 7.15. The van der Waals surface area contributed by atoms with Crippen LogP contribution in [0.15, 0.2) is 0 Å². The SMILES string of the molecule is COCCNCc1sc(N2CCOC3CCCC32)nc1C. The Morgan fingerprint density at radius 3 is 3.24 bits per heavy atom. The first-order valence-electron chi connectivity index (χ1n) is 7.84. The van der Waals surface area contributed by atoms with Gasteiger partial charge in [-0.05, 0) is 26.2 Å². The minimum atomic E-state index is 0.422. The summed E-state index contributed by atoms with van der Waals surface area (Å²) in [5.41, 5.74) is 1.15. The third-order valence-corrected chi connectivity index (χ3v) is 5.57. The van der Waals surface area contributed by atoms with Gasteiger partial charge in [-0.1, -0.05) is 0 Å². The molecule has 2 fully saturated rings. The number of fused-ring (bicyclic) bond motifs is 1. The fraction of sp³-hybridized carbons (Fsp3) is 0.800. The van der Waals surface area contributed by atoms with Gasteiger partial charge >= 0.3 is 0 Å². The number of ether oxygens (including phenoxy) is 2. The molecule has 1 N–H and O–H groups in total. The smallest absolute Gasteiger partial charge is 0.186 e. The van der Waals surface area contributed by atoms with Crippen LogP contribution in [0.4, 0.5) is 5.13 Å². The number of hydrogen-bond acceptors (Lipinski definition) is 6. The Labute approximate surface area is 130 Å². The van der Waals surface area contributed by atoms with Gasteiger partial charge in [0.15, 0.2) is 5.13 Å². The van der Waals surface area contributed by atoms with Crippen LogP contribution in [0.25, 0.3) is 0 Å².